The van der Waals surface area contributed by atoms with E-state index in [1.54, 1.807) is 13.8 Å². The van der Waals surface area contributed by atoms with Crippen molar-refractivity contribution in [3.05, 3.63) is 0 Å². The van der Waals surface area contributed by atoms with Gasteiger partial charge in [0.2, 0.25) is 0 Å². The minimum Gasteiger partial charge on any atom is -0.465 e. The molecule has 0 spiro atoms. The predicted molar refractivity (Wildman–Crippen MR) is 95.0 cm³/mol. The molecule has 28 heavy (non-hydrogen) atoms. The van der Waals surface area contributed by atoms with Gasteiger partial charge in [0.25, 0.3) is 0 Å². The summed E-state index contributed by atoms with van der Waals surface area (Å²) in [4.78, 5) is 75.1. The number of carbonyl (C=O) groups excluding carboxylic acids is 6. The van der Waals surface area contributed by atoms with Crippen molar-refractivity contribution in [2.45, 2.75) is 53.4 Å². The van der Waals surface area contributed by atoms with Gasteiger partial charge in [-0.15, -0.1) is 0 Å². The summed E-state index contributed by atoms with van der Waals surface area (Å²) in [5, 5.41) is 0. The first-order valence-electron chi connectivity index (χ1n) is 9.47. The predicted octanol–water partition coefficient (Wildman–Crippen LogP) is 1.22. The summed E-state index contributed by atoms with van der Waals surface area (Å²) in [6.45, 7) is 5.77. The molecule has 0 bridgehead atoms. The molecular weight excluding hydrogens is 368 g/mol. The summed E-state index contributed by atoms with van der Waals surface area (Å²) in [6, 6.07) is 0. The molecule has 0 aromatic carbocycles. The second-order valence-electron chi connectivity index (χ2n) is 7.71. The molecule has 2 saturated carbocycles. The monoisotopic (exact) mass is 394 g/mol. The fourth-order valence-corrected chi connectivity index (χ4v) is 4.72. The average molecular weight is 394 g/mol. The molecule has 0 amide bonds. The zero-order valence-corrected chi connectivity index (χ0v) is 16.7. The standard InChI is InChI=1S/C20H26O8/c1-5-27-17(25)19(7-11(3)21)9-13-14(15(19)23)10-20(16(13)24,8-12(4)22)18(26)28-6-2/h13-14H,5-10H2,1-4H3/t13-,14-,19-,20+/m0/s1. The first-order valence-corrected chi connectivity index (χ1v) is 9.47. The highest BCUT2D eigenvalue weighted by molar-refractivity contribution is 6.17. The lowest BCUT2D eigenvalue weighted by molar-refractivity contribution is -0.164. The van der Waals surface area contributed by atoms with Gasteiger partial charge in [0, 0.05) is 24.7 Å². The molecule has 2 fully saturated rings. The first kappa shape index (κ1) is 21.9. The van der Waals surface area contributed by atoms with Gasteiger partial charge in [0.1, 0.15) is 22.4 Å². The average Bonchev–Trinajstić information content (AvgIpc) is 3.01. The molecule has 0 N–H and O–H groups in total. The Morgan fingerprint density at radius 2 is 1.11 bits per heavy atom. The lowest BCUT2D eigenvalue weighted by Crippen LogP contribution is -2.44. The maximum absolute atomic E-state index is 13.2. The van der Waals surface area contributed by atoms with Crippen molar-refractivity contribution < 1.29 is 38.2 Å². The second kappa shape index (κ2) is 7.93. The lowest BCUT2D eigenvalue weighted by Gasteiger charge is -2.29. The van der Waals surface area contributed by atoms with E-state index in [-0.39, 0.29) is 50.5 Å². The van der Waals surface area contributed by atoms with E-state index in [4.69, 9.17) is 9.47 Å². The highest BCUT2D eigenvalue weighted by Gasteiger charge is 2.69. The van der Waals surface area contributed by atoms with E-state index in [0.29, 0.717) is 0 Å². The number of Topliss-reactive ketones (excluding diaryl/α,β-unsaturated/α-hetero) is 4. The van der Waals surface area contributed by atoms with Crippen LogP contribution in [0, 0.1) is 22.7 Å². The van der Waals surface area contributed by atoms with Crippen LogP contribution in [0.1, 0.15) is 53.4 Å². The van der Waals surface area contributed by atoms with Crippen LogP contribution in [0.5, 0.6) is 0 Å². The largest absolute Gasteiger partial charge is 0.465 e. The van der Waals surface area contributed by atoms with E-state index in [9.17, 15) is 28.8 Å². The van der Waals surface area contributed by atoms with Crippen LogP contribution in [-0.2, 0) is 38.2 Å². The molecule has 0 aliphatic heterocycles. The summed E-state index contributed by atoms with van der Waals surface area (Å²) >= 11 is 0. The fourth-order valence-electron chi connectivity index (χ4n) is 4.72. The fraction of sp³-hybridized carbons (Fsp3) is 0.700. The molecular formula is C20H26O8. The van der Waals surface area contributed by atoms with Gasteiger partial charge < -0.3 is 9.47 Å². The molecule has 0 saturated heterocycles. The maximum Gasteiger partial charge on any atom is 0.320 e. The van der Waals surface area contributed by atoms with Crippen LogP contribution in [0.2, 0.25) is 0 Å². The van der Waals surface area contributed by atoms with Crippen LogP contribution in [0.4, 0.5) is 0 Å². The molecule has 0 radical (unpaired) electrons. The number of carbonyl (C=O) groups is 6. The topological polar surface area (TPSA) is 121 Å². The smallest absolute Gasteiger partial charge is 0.320 e. The number of hydrogen-bond donors (Lipinski definition) is 0. The van der Waals surface area contributed by atoms with Crippen molar-refractivity contribution in [2.24, 2.45) is 22.7 Å². The van der Waals surface area contributed by atoms with Gasteiger partial charge in [-0.2, -0.15) is 0 Å². The molecule has 0 aromatic heterocycles. The van der Waals surface area contributed by atoms with Gasteiger partial charge in [0.05, 0.1) is 13.2 Å². The Labute approximate surface area is 163 Å². The molecule has 8 heteroatoms. The van der Waals surface area contributed by atoms with Crippen LogP contribution >= 0.6 is 0 Å². The summed E-state index contributed by atoms with van der Waals surface area (Å²) in [5.74, 6) is -5.32. The number of esters is 2. The molecule has 4 atom stereocenters. The van der Waals surface area contributed by atoms with Gasteiger partial charge >= 0.3 is 11.9 Å². The Balaban J connectivity index is 2.45. The van der Waals surface area contributed by atoms with Crippen LogP contribution in [0.25, 0.3) is 0 Å². The Kier molecular flexibility index (Phi) is 6.21. The van der Waals surface area contributed by atoms with E-state index >= 15 is 0 Å². The molecule has 2 aliphatic rings. The van der Waals surface area contributed by atoms with E-state index in [2.05, 4.69) is 0 Å². The molecule has 8 nitrogen and oxygen atoms in total. The van der Waals surface area contributed by atoms with Crippen LogP contribution < -0.4 is 0 Å². The van der Waals surface area contributed by atoms with Gasteiger partial charge in [-0.3, -0.25) is 28.8 Å². The highest BCUT2D eigenvalue weighted by Crippen LogP contribution is 2.57. The van der Waals surface area contributed by atoms with Gasteiger partial charge in [-0.1, -0.05) is 0 Å². The molecule has 0 heterocycles. The molecule has 0 unspecified atom stereocenters. The van der Waals surface area contributed by atoms with Crippen molar-refractivity contribution in [3.8, 4) is 0 Å². The minimum atomic E-state index is -1.70. The number of ketones is 4. The third-order valence-electron chi connectivity index (χ3n) is 5.67. The van der Waals surface area contributed by atoms with Crippen molar-refractivity contribution in [1.82, 2.24) is 0 Å². The Hall–Kier alpha value is -2.38. The third kappa shape index (κ3) is 3.40. The van der Waals surface area contributed by atoms with Crippen LogP contribution in [0.15, 0.2) is 0 Å². The zero-order chi connectivity index (χ0) is 21.3. The van der Waals surface area contributed by atoms with Gasteiger partial charge in [-0.05, 0) is 40.5 Å². The summed E-state index contributed by atoms with van der Waals surface area (Å²) in [5.41, 5.74) is -3.41. The summed E-state index contributed by atoms with van der Waals surface area (Å²) in [6.07, 6.45) is -1.06. The van der Waals surface area contributed by atoms with E-state index in [0.717, 1.165) is 0 Å². The van der Waals surface area contributed by atoms with Crippen LogP contribution in [-0.4, -0.2) is 48.3 Å². The minimum absolute atomic E-state index is 0.0339. The Bertz CT molecular complexity index is 676. The van der Waals surface area contributed by atoms with Crippen molar-refractivity contribution in [2.75, 3.05) is 13.2 Å². The van der Waals surface area contributed by atoms with Gasteiger partial charge in [0.15, 0.2) is 11.6 Å². The third-order valence-corrected chi connectivity index (χ3v) is 5.67. The SMILES string of the molecule is CCOC(=O)[C@]1(CC(C)=O)C[C@@H]2C(=O)[C@@](CC(C)=O)(C(=O)OCC)C[C@@H]2C1=O. The number of rotatable bonds is 8. The Morgan fingerprint density at radius 1 is 0.786 bits per heavy atom. The van der Waals surface area contributed by atoms with Crippen molar-refractivity contribution in [1.29, 1.82) is 0 Å². The van der Waals surface area contributed by atoms with Crippen molar-refractivity contribution in [3.63, 3.8) is 0 Å². The zero-order valence-electron chi connectivity index (χ0n) is 16.7. The van der Waals surface area contributed by atoms with Crippen molar-refractivity contribution >= 4 is 35.1 Å². The normalized spacial score (nSPS) is 31.4. The Morgan fingerprint density at radius 3 is 1.36 bits per heavy atom. The maximum atomic E-state index is 13.2. The molecule has 2 rings (SSSR count). The van der Waals surface area contributed by atoms with E-state index < -0.39 is 46.2 Å². The molecule has 154 valence electrons. The molecule has 2 aliphatic carbocycles. The number of ether oxygens (including phenoxy) is 2. The van der Waals surface area contributed by atoms with Crippen LogP contribution in [0.3, 0.4) is 0 Å². The number of fused-ring (bicyclic) bond motifs is 1. The second-order valence-corrected chi connectivity index (χ2v) is 7.71. The summed E-state index contributed by atoms with van der Waals surface area (Å²) in [7, 11) is 0. The van der Waals surface area contributed by atoms with E-state index in [1.807, 2.05) is 0 Å². The molecule has 0 aromatic rings. The highest BCUT2D eigenvalue weighted by atomic mass is 16.5. The first-order chi connectivity index (χ1) is 13.1. The van der Waals surface area contributed by atoms with E-state index in [1.165, 1.54) is 13.8 Å². The number of hydrogen-bond acceptors (Lipinski definition) is 8. The van der Waals surface area contributed by atoms with Gasteiger partial charge in [-0.25, -0.2) is 0 Å². The summed E-state index contributed by atoms with van der Waals surface area (Å²) < 4.78 is 10.1. The quantitative estimate of drug-likeness (QED) is 0.445. The lowest BCUT2D eigenvalue weighted by atomic mass is 9.72.